The molecule has 2 heteroatoms. The van der Waals surface area contributed by atoms with E-state index in [0.717, 1.165) is 11.1 Å². The summed E-state index contributed by atoms with van der Waals surface area (Å²) in [7, 11) is 1.71. The van der Waals surface area contributed by atoms with Crippen molar-refractivity contribution in [2.24, 2.45) is 5.73 Å². The molecule has 0 aliphatic rings. The Hall–Kier alpha value is -1.64. The fourth-order valence-electron chi connectivity index (χ4n) is 2.41. The maximum atomic E-state index is 6.38. The quantitative estimate of drug-likeness (QED) is 0.883. The summed E-state index contributed by atoms with van der Waals surface area (Å²) < 4.78 is 5.61. The lowest BCUT2D eigenvalue weighted by molar-refractivity contribution is 0.0802. The molecule has 0 spiro atoms. The van der Waals surface area contributed by atoms with Gasteiger partial charge in [0.15, 0.2) is 0 Å². The van der Waals surface area contributed by atoms with Gasteiger partial charge in [-0.1, -0.05) is 68.4 Å². The van der Waals surface area contributed by atoms with E-state index in [9.17, 15) is 0 Å². The Morgan fingerprint density at radius 1 is 0.800 bits per heavy atom. The van der Waals surface area contributed by atoms with Crippen LogP contribution in [0.1, 0.15) is 48.6 Å². The normalized spacial score (nSPS) is 14.2. The minimum atomic E-state index is -0.163. The lowest BCUT2D eigenvalue weighted by atomic mass is 9.94. The fourth-order valence-corrected chi connectivity index (χ4v) is 2.41. The average molecular weight is 269 g/mol. The molecule has 2 nitrogen and oxygen atoms in total. The third kappa shape index (κ3) is 3.27. The van der Waals surface area contributed by atoms with Gasteiger partial charge in [0.25, 0.3) is 0 Å². The van der Waals surface area contributed by atoms with E-state index in [1.54, 1.807) is 7.11 Å². The van der Waals surface area contributed by atoms with Gasteiger partial charge in [-0.3, -0.25) is 0 Å². The number of hydrogen-bond acceptors (Lipinski definition) is 2. The molecule has 0 radical (unpaired) electrons. The third-order valence-electron chi connectivity index (χ3n) is 3.70. The number of hydrogen-bond donors (Lipinski definition) is 1. The van der Waals surface area contributed by atoms with Gasteiger partial charge in [0.05, 0.1) is 6.04 Å². The van der Waals surface area contributed by atoms with E-state index < -0.39 is 0 Å². The number of nitrogens with two attached hydrogens (primary N) is 1. The molecule has 0 heterocycles. The lowest BCUT2D eigenvalue weighted by Crippen LogP contribution is -2.21. The van der Waals surface area contributed by atoms with Crippen LogP contribution >= 0.6 is 0 Å². The number of benzene rings is 2. The van der Waals surface area contributed by atoms with Gasteiger partial charge in [0.1, 0.15) is 6.10 Å². The Morgan fingerprint density at radius 2 is 1.35 bits per heavy atom. The number of ether oxygens (including phenoxy) is 1. The first-order chi connectivity index (χ1) is 9.63. The van der Waals surface area contributed by atoms with Crippen molar-refractivity contribution in [1.82, 2.24) is 0 Å². The molecule has 0 aliphatic carbocycles. The minimum absolute atomic E-state index is 0.124. The van der Waals surface area contributed by atoms with Crippen LogP contribution in [0.2, 0.25) is 0 Å². The molecular formula is C18H23NO. The van der Waals surface area contributed by atoms with Gasteiger partial charge in [-0.2, -0.15) is 0 Å². The van der Waals surface area contributed by atoms with E-state index in [1.807, 2.05) is 18.2 Å². The molecule has 0 bridgehead atoms. The molecule has 0 aromatic heterocycles. The monoisotopic (exact) mass is 269 g/mol. The van der Waals surface area contributed by atoms with Gasteiger partial charge >= 0.3 is 0 Å². The van der Waals surface area contributed by atoms with Crippen LogP contribution in [0.4, 0.5) is 0 Å². The third-order valence-corrected chi connectivity index (χ3v) is 3.70. The molecule has 2 atom stereocenters. The smallest absolute Gasteiger partial charge is 0.101 e. The zero-order valence-corrected chi connectivity index (χ0v) is 12.4. The van der Waals surface area contributed by atoms with Crippen molar-refractivity contribution in [3.8, 4) is 0 Å². The summed E-state index contributed by atoms with van der Waals surface area (Å²) in [6.07, 6.45) is -0.124. The van der Waals surface area contributed by atoms with Crippen molar-refractivity contribution in [1.29, 1.82) is 0 Å². The number of rotatable bonds is 5. The molecule has 0 saturated heterocycles. The minimum Gasteiger partial charge on any atom is -0.375 e. The predicted octanol–water partition coefficient (Wildman–Crippen LogP) is 4.20. The van der Waals surface area contributed by atoms with Crippen LogP contribution in [-0.4, -0.2) is 7.11 Å². The summed E-state index contributed by atoms with van der Waals surface area (Å²) in [6, 6.07) is 18.5. The van der Waals surface area contributed by atoms with Crippen molar-refractivity contribution < 1.29 is 4.74 Å². The van der Waals surface area contributed by atoms with E-state index in [2.05, 4.69) is 50.2 Å². The first-order valence-electron chi connectivity index (χ1n) is 7.06. The molecule has 2 N–H and O–H groups in total. The lowest BCUT2D eigenvalue weighted by Gasteiger charge is -2.23. The Bertz CT molecular complexity index is 519. The van der Waals surface area contributed by atoms with Crippen LogP contribution < -0.4 is 5.73 Å². The second kappa shape index (κ2) is 6.69. The highest BCUT2D eigenvalue weighted by Gasteiger charge is 2.20. The van der Waals surface area contributed by atoms with Crippen molar-refractivity contribution in [3.05, 3.63) is 71.3 Å². The van der Waals surface area contributed by atoms with E-state index in [1.165, 1.54) is 5.56 Å². The Labute approximate surface area is 121 Å². The van der Waals surface area contributed by atoms with E-state index in [-0.39, 0.29) is 12.1 Å². The van der Waals surface area contributed by atoms with Crippen LogP contribution in [0.25, 0.3) is 0 Å². The second-order valence-corrected chi connectivity index (χ2v) is 5.41. The molecule has 2 rings (SSSR count). The van der Waals surface area contributed by atoms with Crippen LogP contribution in [0, 0.1) is 0 Å². The molecule has 0 aliphatic heterocycles. The van der Waals surface area contributed by atoms with Gasteiger partial charge in [-0.25, -0.2) is 0 Å². The fraction of sp³-hybridized carbons (Fsp3) is 0.333. The van der Waals surface area contributed by atoms with E-state index in [4.69, 9.17) is 10.5 Å². The van der Waals surface area contributed by atoms with Gasteiger partial charge in [-0.15, -0.1) is 0 Å². The van der Waals surface area contributed by atoms with Crippen molar-refractivity contribution in [2.45, 2.75) is 31.9 Å². The molecule has 0 fully saturated rings. The molecule has 2 aromatic carbocycles. The summed E-state index contributed by atoms with van der Waals surface area (Å²) in [5.74, 6) is 0.535. The predicted molar refractivity (Wildman–Crippen MR) is 83.7 cm³/mol. The molecule has 20 heavy (non-hydrogen) atoms. The van der Waals surface area contributed by atoms with Gasteiger partial charge in [0, 0.05) is 7.11 Å². The summed E-state index contributed by atoms with van der Waals surface area (Å²) in [6.45, 7) is 4.38. The highest BCUT2D eigenvalue weighted by molar-refractivity contribution is 5.30. The standard InChI is InChI=1S/C18H23NO/c1-13(2)14-9-11-15(12-10-14)17(19)18(20-3)16-7-5-4-6-8-16/h4-13,17-18H,19H2,1-3H3. The summed E-state index contributed by atoms with van der Waals surface area (Å²) in [4.78, 5) is 0. The maximum Gasteiger partial charge on any atom is 0.101 e. The molecule has 106 valence electrons. The van der Waals surface area contributed by atoms with Crippen LogP contribution in [-0.2, 0) is 4.74 Å². The van der Waals surface area contributed by atoms with Gasteiger partial charge in [0.2, 0.25) is 0 Å². The zero-order chi connectivity index (χ0) is 14.5. The zero-order valence-electron chi connectivity index (χ0n) is 12.4. The highest BCUT2D eigenvalue weighted by Crippen LogP contribution is 2.30. The largest absolute Gasteiger partial charge is 0.375 e. The van der Waals surface area contributed by atoms with Crippen molar-refractivity contribution in [2.75, 3.05) is 7.11 Å². The Balaban J connectivity index is 2.22. The van der Waals surface area contributed by atoms with Crippen LogP contribution in [0.5, 0.6) is 0 Å². The summed E-state index contributed by atoms with van der Waals surface area (Å²) in [5.41, 5.74) is 9.92. The first kappa shape index (κ1) is 14.8. The van der Waals surface area contributed by atoms with Gasteiger partial charge in [-0.05, 0) is 22.6 Å². The van der Waals surface area contributed by atoms with Crippen LogP contribution in [0.3, 0.4) is 0 Å². The summed E-state index contributed by atoms with van der Waals surface area (Å²) in [5, 5.41) is 0. The van der Waals surface area contributed by atoms with Crippen molar-refractivity contribution in [3.63, 3.8) is 0 Å². The summed E-state index contributed by atoms with van der Waals surface area (Å²) >= 11 is 0. The first-order valence-corrected chi connectivity index (χ1v) is 7.06. The Kier molecular flexibility index (Phi) is 4.94. The highest BCUT2D eigenvalue weighted by atomic mass is 16.5. The van der Waals surface area contributed by atoms with Gasteiger partial charge < -0.3 is 10.5 Å². The molecule has 2 aromatic rings. The molecular weight excluding hydrogens is 246 g/mol. The average Bonchev–Trinajstić information content (AvgIpc) is 2.49. The SMILES string of the molecule is COC(c1ccccc1)C(N)c1ccc(C(C)C)cc1. The molecule has 2 unspecified atom stereocenters. The maximum absolute atomic E-state index is 6.38. The molecule has 0 saturated carbocycles. The molecule has 0 amide bonds. The van der Waals surface area contributed by atoms with E-state index in [0.29, 0.717) is 5.92 Å². The topological polar surface area (TPSA) is 35.2 Å². The Morgan fingerprint density at radius 3 is 1.85 bits per heavy atom. The second-order valence-electron chi connectivity index (χ2n) is 5.41. The van der Waals surface area contributed by atoms with Crippen molar-refractivity contribution >= 4 is 0 Å². The number of methoxy groups -OCH3 is 1. The van der Waals surface area contributed by atoms with E-state index >= 15 is 0 Å². The van der Waals surface area contributed by atoms with Crippen LogP contribution in [0.15, 0.2) is 54.6 Å².